The van der Waals surface area contributed by atoms with Gasteiger partial charge >= 0.3 is 0 Å². The molecule has 0 aliphatic heterocycles. The molecule has 0 fully saturated rings. The van der Waals surface area contributed by atoms with E-state index in [1.54, 1.807) is 6.20 Å². The molecule has 1 heterocycles. The van der Waals surface area contributed by atoms with Crippen molar-refractivity contribution >= 4 is 17.3 Å². The summed E-state index contributed by atoms with van der Waals surface area (Å²) in [4.78, 5) is 15.2. The van der Waals surface area contributed by atoms with Crippen molar-refractivity contribution in [1.29, 1.82) is 0 Å². The van der Waals surface area contributed by atoms with Crippen LogP contribution in [0.1, 0.15) is 24.7 Å². The summed E-state index contributed by atoms with van der Waals surface area (Å²) in [6, 6.07) is 5.77. The van der Waals surface area contributed by atoms with E-state index in [0.29, 0.717) is 13.0 Å². The SMILES string of the molecule is CCC(=O)Nc1ccc(C)c(NCc2cnco2)c1. The number of rotatable bonds is 5. The minimum absolute atomic E-state index is 0.00466. The van der Waals surface area contributed by atoms with Gasteiger partial charge in [0.25, 0.3) is 0 Å². The van der Waals surface area contributed by atoms with Gasteiger partial charge in [-0.1, -0.05) is 13.0 Å². The van der Waals surface area contributed by atoms with Gasteiger partial charge in [0, 0.05) is 17.8 Å². The zero-order valence-corrected chi connectivity index (χ0v) is 11.1. The maximum absolute atomic E-state index is 11.4. The summed E-state index contributed by atoms with van der Waals surface area (Å²) in [5.41, 5.74) is 2.86. The van der Waals surface area contributed by atoms with E-state index >= 15 is 0 Å². The van der Waals surface area contributed by atoms with E-state index in [9.17, 15) is 4.79 Å². The first kappa shape index (κ1) is 13.1. The number of hydrogen-bond acceptors (Lipinski definition) is 4. The Kier molecular flexibility index (Phi) is 4.18. The number of hydrogen-bond donors (Lipinski definition) is 2. The Labute approximate surface area is 112 Å². The van der Waals surface area contributed by atoms with E-state index in [2.05, 4.69) is 15.6 Å². The molecule has 1 aromatic carbocycles. The fourth-order valence-corrected chi connectivity index (χ4v) is 1.65. The van der Waals surface area contributed by atoms with Crippen molar-refractivity contribution in [2.75, 3.05) is 10.6 Å². The lowest BCUT2D eigenvalue weighted by atomic mass is 10.1. The monoisotopic (exact) mass is 259 g/mol. The first-order valence-electron chi connectivity index (χ1n) is 6.20. The number of benzene rings is 1. The second-order valence-electron chi connectivity index (χ2n) is 4.25. The van der Waals surface area contributed by atoms with Crippen molar-refractivity contribution in [3.63, 3.8) is 0 Å². The van der Waals surface area contributed by atoms with E-state index in [1.165, 1.54) is 6.39 Å². The third-order valence-corrected chi connectivity index (χ3v) is 2.78. The lowest BCUT2D eigenvalue weighted by Crippen LogP contribution is -2.10. The molecule has 0 saturated heterocycles. The molecule has 0 aliphatic carbocycles. The third-order valence-electron chi connectivity index (χ3n) is 2.78. The number of aryl methyl sites for hydroxylation is 1. The molecule has 0 radical (unpaired) electrons. The molecule has 1 amide bonds. The number of carbonyl (C=O) groups excluding carboxylic acids is 1. The number of aromatic nitrogens is 1. The fourth-order valence-electron chi connectivity index (χ4n) is 1.65. The summed E-state index contributed by atoms with van der Waals surface area (Å²) in [5.74, 6) is 0.771. The van der Waals surface area contributed by atoms with Crippen molar-refractivity contribution in [2.24, 2.45) is 0 Å². The Balaban J connectivity index is 2.06. The van der Waals surface area contributed by atoms with Gasteiger partial charge in [0.05, 0.1) is 12.7 Å². The predicted molar refractivity (Wildman–Crippen MR) is 73.9 cm³/mol. The van der Waals surface area contributed by atoms with Gasteiger partial charge in [0.1, 0.15) is 5.76 Å². The molecule has 5 nitrogen and oxygen atoms in total. The lowest BCUT2D eigenvalue weighted by molar-refractivity contribution is -0.115. The Morgan fingerprint density at radius 1 is 1.42 bits per heavy atom. The summed E-state index contributed by atoms with van der Waals surface area (Å²) in [5, 5.41) is 6.10. The van der Waals surface area contributed by atoms with Crippen LogP contribution < -0.4 is 10.6 Å². The highest BCUT2D eigenvalue weighted by molar-refractivity contribution is 5.91. The normalized spacial score (nSPS) is 10.2. The van der Waals surface area contributed by atoms with E-state index < -0.39 is 0 Å². The number of anilines is 2. The van der Waals surface area contributed by atoms with Crippen molar-refractivity contribution in [3.05, 3.63) is 42.1 Å². The summed E-state index contributed by atoms with van der Waals surface area (Å²) in [6.45, 7) is 4.40. The molecular formula is C14H17N3O2. The highest BCUT2D eigenvalue weighted by atomic mass is 16.3. The molecule has 2 aromatic rings. The average Bonchev–Trinajstić information content (AvgIpc) is 2.92. The second-order valence-corrected chi connectivity index (χ2v) is 4.25. The van der Waals surface area contributed by atoms with Crippen LogP contribution in [0.4, 0.5) is 11.4 Å². The van der Waals surface area contributed by atoms with Crippen LogP contribution in [0.5, 0.6) is 0 Å². The molecule has 0 unspecified atom stereocenters. The van der Waals surface area contributed by atoms with Crippen LogP contribution in [-0.2, 0) is 11.3 Å². The summed E-state index contributed by atoms with van der Waals surface area (Å²) >= 11 is 0. The maximum atomic E-state index is 11.4. The topological polar surface area (TPSA) is 67.2 Å². The van der Waals surface area contributed by atoms with Gasteiger partial charge in [-0.05, 0) is 24.6 Å². The Morgan fingerprint density at radius 3 is 2.95 bits per heavy atom. The minimum Gasteiger partial charge on any atom is -0.447 e. The largest absolute Gasteiger partial charge is 0.447 e. The molecule has 0 bridgehead atoms. The molecular weight excluding hydrogens is 242 g/mol. The van der Waals surface area contributed by atoms with Crippen LogP contribution in [-0.4, -0.2) is 10.9 Å². The van der Waals surface area contributed by atoms with Gasteiger partial charge < -0.3 is 15.1 Å². The smallest absolute Gasteiger partial charge is 0.224 e. The molecule has 2 N–H and O–H groups in total. The van der Waals surface area contributed by atoms with Crippen LogP contribution in [0.25, 0.3) is 0 Å². The molecule has 0 spiro atoms. The maximum Gasteiger partial charge on any atom is 0.224 e. The molecule has 2 rings (SSSR count). The fraction of sp³-hybridized carbons (Fsp3) is 0.286. The van der Waals surface area contributed by atoms with Crippen LogP contribution in [0, 0.1) is 6.92 Å². The van der Waals surface area contributed by atoms with Crippen LogP contribution >= 0.6 is 0 Å². The van der Waals surface area contributed by atoms with Gasteiger partial charge in [0.2, 0.25) is 5.91 Å². The Morgan fingerprint density at radius 2 is 2.26 bits per heavy atom. The van der Waals surface area contributed by atoms with E-state index in [1.807, 2.05) is 32.0 Å². The molecule has 0 atom stereocenters. The van der Waals surface area contributed by atoms with Crippen molar-refractivity contribution in [3.8, 4) is 0 Å². The summed E-state index contributed by atoms with van der Waals surface area (Å²) in [6.07, 6.45) is 3.54. The lowest BCUT2D eigenvalue weighted by Gasteiger charge is -2.11. The van der Waals surface area contributed by atoms with Gasteiger partial charge in [-0.15, -0.1) is 0 Å². The Bertz CT molecular complexity index is 550. The van der Waals surface area contributed by atoms with E-state index in [4.69, 9.17) is 4.42 Å². The van der Waals surface area contributed by atoms with Crippen molar-refractivity contribution in [2.45, 2.75) is 26.8 Å². The standard InChI is InChI=1S/C14H17N3O2/c1-3-14(18)17-11-5-4-10(2)13(6-11)16-8-12-7-15-9-19-12/h4-7,9,16H,3,8H2,1-2H3,(H,17,18). The van der Waals surface area contributed by atoms with Crippen LogP contribution in [0.2, 0.25) is 0 Å². The third kappa shape index (κ3) is 3.58. The molecule has 0 aliphatic rings. The quantitative estimate of drug-likeness (QED) is 0.866. The number of nitrogens with zero attached hydrogens (tertiary/aromatic N) is 1. The zero-order chi connectivity index (χ0) is 13.7. The predicted octanol–water partition coefficient (Wildman–Crippen LogP) is 2.94. The molecule has 19 heavy (non-hydrogen) atoms. The number of nitrogens with one attached hydrogen (secondary N) is 2. The van der Waals surface area contributed by atoms with Crippen LogP contribution in [0.3, 0.4) is 0 Å². The number of carbonyl (C=O) groups is 1. The highest BCUT2D eigenvalue weighted by Crippen LogP contribution is 2.21. The highest BCUT2D eigenvalue weighted by Gasteiger charge is 2.04. The van der Waals surface area contributed by atoms with Gasteiger partial charge in [0.15, 0.2) is 6.39 Å². The molecule has 0 saturated carbocycles. The second kappa shape index (κ2) is 6.04. The van der Waals surface area contributed by atoms with E-state index in [-0.39, 0.29) is 5.91 Å². The average molecular weight is 259 g/mol. The first-order valence-corrected chi connectivity index (χ1v) is 6.20. The van der Waals surface area contributed by atoms with Crippen molar-refractivity contribution in [1.82, 2.24) is 4.98 Å². The summed E-state index contributed by atoms with van der Waals surface area (Å²) < 4.78 is 5.16. The van der Waals surface area contributed by atoms with Crippen molar-refractivity contribution < 1.29 is 9.21 Å². The van der Waals surface area contributed by atoms with Gasteiger partial charge in [-0.2, -0.15) is 0 Å². The van der Waals surface area contributed by atoms with Crippen LogP contribution in [0.15, 0.2) is 35.2 Å². The van der Waals surface area contributed by atoms with Gasteiger partial charge in [-0.3, -0.25) is 4.79 Å². The summed E-state index contributed by atoms with van der Waals surface area (Å²) in [7, 11) is 0. The zero-order valence-electron chi connectivity index (χ0n) is 11.1. The Hall–Kier alpha value is -2.30. The van der Waals surface area contributed by atoms with Gasteiger partial charge in [-0.25, -0.2) is 4.98 Å². The minimum atomic E-state index is 0.00466. The number of oxazole rings is 1. The molecule has 1 aromatic heterocycles. The first-order chi connectivity index (χ1) is 9.19. The molecule has 5 heteroatoms. The number of amides is 1. The molecule has 100 valence electrons. The van der Waals surface area contributed by atoms with E-state index in [0.717, 1.165) is 22.7 Å².